The fourth-order valence-electron chi connectivity index (χ4n) is 4.89. The molecule has 1 aromatic heterocycles. The van der Waals surface area contributed by atoms with Crippen LogP contribution in [0.5, 0.6) is 0 Å². The van der Waals surface area contributed by atoms with E-state index in [9.17, 15) is 5.11 Å². The smallest absolute Gasteiger partial charge is 0.231 e. The maximum Gasteiger partial charge on any atom is 0.231 e. The van der Waals surface area contributed by atoms with E-state index in [-0.39, 0.29) is 5.92 Å². The number of oxazole rings is 1. The second-order valence-electron chi connectivity index (χ2n) is 10.1. The monoisotopic (exact) mass is 483 g/mol. The van der Waals surface area contributed by atoms with Gasteiger partial charge in [-0.05, 0) is 36.1 Å². The van der Waals surface area contributed by atoms with E-state index in [1.54, 1.807) is 6.20 Å². The van der Waals surface area contributed by atoms with Gasteiger partial charge in [-0.1, -0.05) is 73.3 Å². The van der Waals surface area contributed by atoms with Crippen LogP contribution in [0.25, 0.3) is 0 Å². The van der Waals surface area contributed by atoms with Crippen LogP contribution in [-0.2, 0) is 23.5 Å². The zero-order valence-electron chi connectivity index (χ0n) is 20.3. The van der Waals surface area contributed by atoms with Gasteiger partial charge in [0, 0.05) is 10.9 Å². The predicted octanol–water partition coefficient (Wildman–Crippen LogP) is 5.94. The van der Waals surface area contributed by atoms with Crippen LogP contribution < -0.4 is 0 Å². The van der Waals surface area contributed by atoms with E-state index in [2.05, 4.69) is 19.1 Å². The first-order valence-corrected chi connectivity index (χ1v) is 12.6. The quantitative estimate of drug-likeness (QED) is 0.286. The van der Waals surface area contributed by atoms with Crippen molar-refractivity contribution in [2.24, 2.45) is 5.92 Å². The Hall–Kier alpha value is -2.18. The molecule has 0 unspecified atom stereocenters. The zero-order valence-corrected chi connectivity index (χ0v) is 21.0. The van der Waals surface area contributed by atoms with Crippen LogP contribution in [0.15, 0.2) is 65.2 Å². The van der Waals surface area contributed by atoms with E-state index in [1.807, 2.05) is 54.6 Å². The topological polar surface area (TPSA) is 55.5 Å². The minimum Gasteiger partial charge on any atom is -0.436 e. The minimum atomic E-state index is -1.20. The minimum absolute atomic E-state index is 0.110. The summed E-state index contributed by atoms with van der Waals surface area (Å²) in [6.07, 6.45) is 7.23. The summed E-state index contributed by atoms with van der Waals surface area (Å²) < 4.78 is 12.8. The van der Waals surface area contributed by atoms with Crippen molar-refractivity contribution in [1.29, 1.82) is 0 Å². The van der Waals surface area contributed by atoms with Gasteiger partial charge in [-0.25, -0.2) is 4.98 Å². The molecule has 1 atom stereocenters. The maximum absolute atomic E-state index is 12.0. The second kappa shape index (κ2) is 11.0. The van der Waals surface area contributed by atoms with E-state index < -0.39 is 5.60 Å². The van der Waals surface area contributed by atoms with Crippen molar-refractivity contribution in [1.82, 2.24) is 4.98 Å². The van der Waals surface area contributed by atoms with Gasteiger partial charge >= 0.3 is 0 Å². The molecule has 0 amide bonds. The number of benzene rings is 2. The van der Waals surface area contributed by atoms with E-state index in [0.29, 0.717) is 30.1 Å². The number of halogens is 1. The lowest BCUT2D eigenvalue weighted by Crippen LogP contribution is -2.41. The number of likely N-dealkylation sites (N-methyl/N-ethyl adjacent to an activating group) is 1. The molecular formula is C28H36ClN2O3+. The molecule has 5 nitrogen and oxygen atoms in total. The molecule has 0 spiro atoms. The van der Waals surface area contributed by atoms with Gasteiger partial charge in [0.15, 0.2) is 11.4 Å². The molecular weight excluding hydrogens is 448 g/mol. The Balaban J connectivity index is 1.40. The van der Waals surface area contributed by atoms with Gasteiger partial charge in [0.05, 0.1) is 33.5 Å². The fourth-order valence-corrected chi connectivity index (χ4v) is 5.01. The summed E-state index contributed by atoms with van der Waals surface area (Å²) in [6, 6.07) is 17.6. The van der Waals surface area contributed by atoms with Gasteiger partial charge in [0.1, 0.15) is 13.1 Å². The lowest BCUT2D eigenvalue weighted by molar-refractivity contribution is -0.905. The molecule has 1 fully saturated rings. The number of ether oxygens (including phenoxy) is 1. The lowest BCUT2D eigenvalue weighted by atomic mass is 9.73. The summed E-state index contributed by atoms with van der Waals surface area (Å²) in [6.45, 7) is 2.70. The molecule has 1 saturated carbocycles. The summed E-state index contributed by atoms with van der Waals surface area (Å²) in [5.74, 6) is 1.31. The van der Waals surface area contributed by atoms with Crippen molar-refractivity contribution in [3.63, 3.8) is 0 Å². The first kappa shape index (κ1) is 24.9. The maximum atomic E-state index is 12.0. The van der Waals surface area contributed by atoms with Crippen molar-refractivity contribution < 1.29 is 18.7 Å². The molecule has 0 radical (unpaired) electrons. The summed E-state index contributed by atoms with van der Waals surface area (Å²) in [4.78, 5) is 4.60. The van der Waals surface area contributed by atoms with Crippen molar-refractivity contribution in [2.75, 3.05) is 27.2 Å². The molecule has 34 heavy (non-hydrogen) atoms. The summed E-state index contributed by atoms with van der Waals surface area (Å²) in [7, 11) is 4.30. The first-order chi connectivity index (χ1) is 16.4. The summed E-state index contributed by atoms with van der Waals surface area (Å²) in [5.41, 5.74) is 0.774. The highest BCUT2D eigenvalue weighted by Crippen LogP contribution is 2.43. The zero-order chi connectivity index (χ0) is 24.0. The largest absolute Gasteiger partial charge is 0.436 e. The molecule has 1 N–H and O–H groups in total. The van der Waals surface area contributed by atoms with Gasteiger partial charge in [-0.15, -0.1) is 0 Å². The van der Waals surface area contributed by atoms with Gasteiger partial charge in [-0.3, -0.25) is 0 Å². The standard InChI is InChI=1S/C28H36ClN2O3/c1-31(2,17-18-33-21-22-13-15-25(29)16-14-22)20-26-19-30-27(34-26)28(32,23-9-5-3-6-10-23)24-11-7-4-8-12-24/h3,5-6,9-10,13-16,19,24,32H,4,7-8,11-12,17-18,20-21H2,1-2H3/q+1/t28-/m1/s1. The van der Waals surface area contributed by atoms with Gasteiger partial charge in [-0.2, -0.15) is 0 Å². The third-order valence-electron chi connectivity index (χ3n) is 6.90. The molecule has 1 aliphatic carbocycles. The molecule has 0 bridgehead atoms. The lowest BCUT2D eigenvalue weighted by Gasteiger charge is -2.36. The Morgan fingerprint density at radius 3 is 2.47 bits per heavy atom. The number of rotatable bonds is 10. The second-order valence-corrected chi connectivity index (χ2v) is 10.5. The molecule has 4 rings (SSSR count). The molecule has 6 heteroatoms. The molecule has 2 aromatic carbocycles. The van der Waals surface area contributed by atoms with Crippen molar-refractivity contribution in [2.45, 2.75) is 50.9 Å². The Bertz CT molecular complexity index is 1030. The highest BCUT2D eigenvalue weighted by Gasteiger charge is 2.44. The highest BCUT2D eigenvalue weighted by molar-refractivity contribution is 6.30. The van der Waals surface area contributed by atoms with Crippen LogP contribution in [0.1, 0.15) is 54.9 Å². The Kier molecular flexibility index (Phi) is 8.10. The molecule has 1 heterocycles. The number of hydrogen-bond acceptors (Lipinski definition) is 4. The highest BCUT2D eigenvalue weighted by atomic mass is 35.5. The predicted molar refractivity (Wildman–Crippen MR) is 134 cm³/mol. The van der Waals surface area contributed by atoms with Crippen LogP contribution in [0.3, 0.4) is 0 Å². The molecule has 1 aliphatic rings. The summed E-state index contributed by atoms with van der Waals surface area (Å²) >= 11 is 5.95. The van der Waals surface area contributed by atoms with E-state index in [4.69, 9.17) is 20.8 Å². The Morgan fingerprint density at radius 1 is 1.06 bits per heavy atom. The molecule has 3 aromatic rings. The summed E-state index contributed by atoms with van der Waals surface area (Å²) in [5, 5.41) is 12.7. The third-order valence-corrected chi connectivity index (χ3v) is 7.15. The SMILES string of the molecule is C[N+](C)(CCOCc1ccc(Cl)cc1)Cc1cnc([C@@](O)(c2ccccc2)C2CCCCC2)o1. The van der Waals surface area contributed by atoms with E-state index >= 15 is 0 Å². The number of nitrogens with zero attached hydrogens (tertiary/aromatic N) is 2. The van der Waals surface area contributed by atoms with Gasteiger partial charge in [0.25, 0.3) is 0 Å². The Morgan fingerprint density at radius 2 is 1.76 bits per heavy atom. The van der Waals surface area contributed by atoms with Crippen molar-refractivity contribution in [3.05, 3.63) is 88.6 Å². The third kappa shape index (κ3) is 6.08. The number of hydrogen-bond donors (Lipinski definition) is 1. The van der Waals surface area contributed by atoms with E-state index in [1.165, 1.54) is 6.42 Å². The molecule has 0 aliphatic heterocycles. The van der Waals surface area contributed by atoms with Crippen molar-refractivity contribution in [3.8, 4) is 0 Å². The number of aliphatic hydroxyl groups is 1. The van der Waals surface area contributed by atoms with Gasteiger partial charge < -0.3 is 18.7 Å². The van der Waals surface area contributed by atoms with Gasteiger partial charge in [0.2, 0.25) is 5.89 Å². The van der Waals surface area contributed by atoms with Crippen LogP contribution in [0.2, 0.25) is 5.02 Å². The normalized spacial score (nSPS) is 16.9. The van der Waals surface area contributed by atoms with Crippen molar-refractivity contribution >= 4 is 11.6 Å². The number of aromatic nitrogens is 1. The van der Waals surface area contributed by atoms with E-state index in [0.717, 1.165) is 54.1 Å². The average molecular weight is 484 g/mol. The van der Waals surface area contributed by atoms with Crippen LogP contribution >= 0.6 is 11.6 Å². The average Bonchev–Trinajstić information content (AvgIpc) is 3.32. The molecule has 0 saturated heterocycles. The Labute approximate surface area is 207 Å². The van der Waals surface area contributed by atoms with Crippen LogP contribution in [-0.4, -0.2) is 41.8 Å². The van der Waals surface area contributed by atoms with Crippen LogP contribution in [0.4, 0.5) is 0 Å². The molecule has 182 valence electrons. The van der Waals surface area contributed by atoms with Crippen LogP contribution in [0, 0.1) is 5.92 Å². The fraction of sp³-hybridized carbons (Fsp3) is 0.464. The first-order valence-electron chi connectivity index (χ1n) is 12.2. The number of quaternary nitrogens is 1.